The molecule has 0 aromatic carbocycles. The second kappa shape index (κ2) is 8.39. The Labute approximate surface area is 132 Å². The third-order valence-corrected chi connectivity index (χ3v) is 4.92. The van der Waals surface area contributed by atoms with Gasteiger partial charge in [0.25, 0.3) is 0 Å². The lowest BCUT2D eigenvalue weighted by atomic mass is 10.1. The highest BCUT2D eigenvalue weighted by Gasteiger charge is 2.19. The van der Waals surface area contributed by atoms with Crippen molar-refractivity contribution >= 4 is 17.3 Å². The number of ether oxygens (including phenoxy) is 1. The first-order valence-electron chi connectivity index (χ1n) is 7.87. The molecule has 2 rings (SSSR count). The zero-order valence-corrected chi connectivity index (χ0v) is 14.2. The molecular formula is C16H27N3OS. The van der Waals surface area contributed by atoms with E-state index in [1.165, 1.54) is 9.75 Å². The molecule has 1 fully saturated rings. The average Bonchev–Trinajstić information content (AvgIpc) is 3.14. The standard InChI is InChI=1S/C16H27N3OS/c1-4-14-6-7-15(21-14)10-18-16(17-5-2)19(3)11-13-8-9-20-12-13/h6-7,13H,4-5,8-12H2,1-3H3,(H,17,18). The van der Waals surface area contributed by atoms with E-state index in [4.69, 9.17) is 9.73 Å². The zero-order valence-electron chi connectivity index (χ0n) is 13.4. The number of hydrogen-bond acceptors (Lipinski definition) is 3. The van der Waals surface area contributed by atoms with Gasteiger partial charge in [-0.2, -0.15) is 0 Å². The Kier molecular flexibility index (Phi) is 6.51. The van der Waals surface area contributed by atoms with Crippen molar-refractivity contribution in [1.29, 1.82) is 0 Å². The summed E-state index contributed by atoms with van der Waals surface area (Å²) >= 11 is 1.86. The number of aliphatic imine (C=N–C) groups is 1. The van der Waals surface area contributed by atoms with Gasteiger partial charge in [0.05, 0.1) is 13.2 Å². The number of nitrogens with zero attached hydrogens (tertiary/aromatic N) is 2. The van der Waals surface area contributed by atoms with Crippen molar-refractivity contribution < 1.29 is 4.74 Å². The Morgan fingerprint density at radius 1 is 1.43 bits per heavy atom. The summed E-state index contributed by atoms with van der Waals surface area (Å²) in [5.41, 5.74) is 0. The molecule has 1 aliphatic heterocycles. The molecule has 2 heterocycles. The van der Waals surface area contributed by atoms with E-state index in [1.807, 2.05) is 11.3 Å². The van der Waals surface area contributed by atoms with E-state index in [-0.39, 0.29) is 0 Å². The summed E-state index contributed by atoms with van der Waals surface area (Å²) in [4.78, 5) is 9.77. The Bertz CT molecular complexity index is 452. The van der Waals surface area contributed by atoms with Gasteiger partial charge in [-0.1, -0.05) is 6.92 Å². The van der Waals surface area contributed by atoms with E-state index < -0.39 is 0 Å². The zero-order chi connectivity index (χ0) is 15.1. The fraction of sp³-hybridized carbons (Fsp3) is 0.688. The first-order chi connectivity index (χ1) is 10.2. The monoisotopic (exact) mass is 309 g/mol. The maximum Gasteiger partial charge on any atom is 0.194 e. The minimum absolute atomic E-state index is 0.632. The van der Waals surface area contributed by atoms with E-state index in [9.17, 15) is 0 Å². The molecule has 0 spiro atoms. The topological polar surface area (TPSA) is 36.9 Å². The van der Waals surface area contributed by atoms with Crippen LogP contribution in [0, 0.1) is 5.92 Å². The van der Waals surface area contributed by atoms with Crippen LogP contribution in [0.15, 0.2) is 17.1 Å². The first-order valence-corrected chi connectivity index (χ1v) is 8.69. The Morgan fingerprint density at radius 3 is 2.86 bits per heavy atom. The van der Waals surface area contributed by atoms with Crippen LogP contribution in [0.4, 0.5) is 0 Å². The molecule has 1 unspecified atom stereocenters. The van der Waals surface area contributed by atoms with Gasteiger partial charge < -0.3 is 15.0 Å². The molecule has 1 saturated heterocycles. The van der Waals surface area contributed by atoms with E-state index in [0.29, 0.717) is 5.92 Å². The van der Waals surface area contributed by atoms with Crippen molar-refractivity contribution in [2.75, 3.05) is 33.4 Å². The summed E-state index contributed by atoms with van der Waals surface area (Å²) in [5.74, 6) is 1.63. The smallest absolute Gasteiger partial charge is 0.194 e. The predicted molar refractivity (Wildman–Crippen MR) is 90.1 cm³/mol. The molecule has 1 atom stereocenters. The van der Waals surface area contributed by atoms with Crippen LogP contribution in [-0.4, -0.2) is 44.2 Å². The average molecular weight is 309 g/mol. The quantitative estimate of drug-likeness (QED) is 0.648. The van der Waals surface area contributed by atoms with Crippen molar-refractivity contribution in [1.82, 2.24) is 10.2 Å². The Morgan fingerprint density at radius 2 is 2.24 bits per heavy atom. The van der Waals surface area contributed by atoms with Crippen LogP contribution < -0.4 is 5.32 Å². The fourth-order valence-electron chi connectivity index (χ4n) is 2.52. The van der Waals surface area contributed by atoms with E-state index in [0.717, 1.165) is 51.6 Å². The minimum Gasteiger partial charge on any atom is -0.381 e. The van der Waals surface area contributed by atoms with E-state index in [2.05, 4.69) is 43.2 Å². The highest BCUT2D eigenvalue weighted by atomic mass is 32.1. The van der Waals surface area contributed by atoms with Crippen molar-refractivity contribution in [3.63, 3.8) is 0 Å². The summed E-state index contributed by atoms with van der Waals surface area (Å²) < 4.78 is 5.46. The van der Waals surface area contributed by atoms with Gasteiger partial charge in [0.2, 0.25) is 0 Å². The SMILES string of the molecule is CCNC(=NCc1ccc(CC)s1)N(C)CC1CCOC1. The van der Waals surface area contributed by atoms with Gasteiger partial charge in [-0.25, -0.2) is 4.99 Å². The largest absolute Gasteiger partial charge is 0.381 e. The van der Waals surface area contributed by atoms with Crippen LogP contribution >= 0.6 is 11.3 Å². The lowest BCUT2D eigenvalue weighted by Crippen LogP contribution is -2.41. The molecule has 0 saturated carbocycles. The molecule has 0 radical (unpaired) electrons. The minimum atomic E-state index is 0.632. The van der Waals surface area contributed by atoms with Gasteiger partial charge in [-0.15, -0.1) is 11.3 Å². The number of rotatable bonds is 6. The predicted octanol–water partition coefficient (Wildman–Crippen LogP) is 2.74. The highest BCUT2D eigenvalue weighted by molar-refractivity contribution is 7.11. The Hall–Kier alpha value is -1.07. The molecule has 1 aliphatic rings. The van der Waals surface area contributed by atoms with Crippen molar-refractivity contribution in [3.8, 4) is 0 Å². The van der Waals surface area contributed by atoms with Gasteiger partial charge in [0, 0.05) is 42.4 Å². The molecule has 21 heavy (non-hydrogen) atoms. The molecule has 0 aliphatic carbocycles. The van der Waals surface area contributed by atoms with Crippen molar-refractivity contribution in [3.05, 3.63) is 21.9 Å². The van der Waals surface area contributed by atoms with Crippen LogP contribution in [0.1, 0.15) is 30.0 Å². The fourth-order valence-corrected chi connectivity index (χ4v) is 3.40. The lowest BCUT2D eigenvalue weighted by Gasteiger charge is -2.24. The molecular weight excluding hydrogens is 282 g/mol. The number of guanidine groups is 1. The second-order valence-corrected chi connectivity index (χ2v) is 6.75. The molecule has 1 N–H and O–H groups in total. The normalized spacial score (nSPS) is 19.0. The number of aryl methyl sites for hydroxylation is 1. The summed E-state index contributed by atoms with van der Waals surface area (Å²) in [7, 11) is 2.12. The molecule has 5 heteroatoms. The molecule has 0 bridgehead atoms. The van der Waals surface area contributed by atoms with E-state index >= 15 is 0 Å². The van der Waals surface area contributed by atoms with E-state index in [1.54, 1.807) is 0 Å². The van der Waals surface area contributed by atoms with Crippen LogP contribution in [-0.2, 0) is 17.7 Å². The van der Waals surface area contributed by atoms with Gasteiger partial charge in [-0.05, 0) is 31.9 Å². The molecule has 0 amide bonds. The number of thiophene rings is 1. The van der Waals surface area contributed by atoms with Crippen molar-refractivity contribution in [2.45, 2.75) is 33.2 Å². The summed E-state index contributed by atoms with van der Waals surface area (Å²) in [6.07, 6.45) is 2.27. The van der Waals surface area contributed by atoms with Crippen molar-refractivity contribution in [2.24, 2.45) is 10.9 Å². The lowest BCUT2D eigenvalue weighted by molar-refractivity contribution is 0.181. The molecule has 4 nitrogen and oxygen atoms in total. The van der Waals surface area contributed by atoms with Gasteiger partial charge in [0.15, 0.2) is 5.96 Å². The number of nitrogens with one attached hydrogen (secondary N) is 1. The van der Waals surface area contributed by atoms with Crippen LogP contribution in [0.2, 0.25) is 0 Å². The third kappa shape index (κ3) is 5.00. The number of hydrogen-bond donors (Lipinski definition) is 1. The van der Waals surface area contributed by atoms with Crippen LogP contribution in [0.5, 0.6) is 0 Å². The van der Waals surface area contributed by atoms with Gasteiger partial charge >= 0.3 is 0 Å². The maximum absolute atomic E-state index is 5.46. The highest BCUT2D eigenvalue weighted by Crippen LogP contribution is 2.18. The first kappa shape index (κ1) is 16.3. The summed E-state index contributed by atoms with van der Waals surface area (Å²) in [5, 5.41) is 3.39. The maximum atomic E-state index is 5.46. The van der Waals surface area contributed by atoms with Gasteiger partial charge in [-0.3, -0.25) is 0 Å². The summed E-state index contributed by atoms with van der Waals surface area (Å²) in [6, 6.07) is 4.41. The van der Waals surface area contributed by atoms with Gasteiger partial charge in [0.1, 0.15) is 0 Å². The van der Waals surface area contributed by atoms with Crippen LogP contribution in [0.3, 0.4) is 0 Å². The molecule has 118 valence electrons. The molecule has 1 aromatic rings. The third-order valence-electron chi connectivity index (χ3n) is 3.70. The summed E-state index contributed by atoms with van der Waals surface area (Å²) in [6.45, 7) is 8.77. The van der Waals surface area contributed by atoms with Crippen LogP contribution in [0.25, 0.3) is 0 Å². The molecule has 1 aromatic heterocycles. The Balaban J connectivity index is 1.93. The second-order valence-electron chi connectivity index (χ2n) is 5.50.